The molecule has 0 aromatic heterocycles. The van der Waals surface area contributed by atoms with E-state index in [4.69, 9.17) is 14.2 Å². The number of amides is 1. The summed E-state index contributed by atoms with van der Waals surface area (Å²) in [5.74, 6) is -2.08. The monoisotopic (exact) mass is 453 g/mol. The molecule has 0 saturated heterocycles. The van der Waals surface area contributed by atoms with Crippen LogP contribution in [-0.4, -0.2) is 31.7 Å². The number of fused-ring (bicyclic) bond motifs is 1. The van der Waals surface area contributed by atoms with Crippen molar-refractivity contribution >= 4 is 39.6 Å². The summed E-state index contributed by atoms with van der Waals surface area (Å²) in [6.07, 6.45) is 2.64. The molecule has 0 radical (unpaired) electrons. The van der Waals surface area contributed by atoms with Crippen molar-refractivity contribution in [1.82, 2.24) is 0 Å². The predicted octanol–water partition coefficient (Wildman–Crippen LogP) is 3.69. The maximum atomic E-state index is 13.7. The van der Waals surface area contributed by atoms with Gasteiger partial charge in [-0.15, -0.1) is 0 Å². The Morgan fingerprint density at radius 3 is 2.64 bits per heavy atom. The standard InChI is InChI=1S/C19H14BrF2NO5/c20-13-8-12(21)9-14(22)19(13)23-17(24)10-28-18(25)4-2-11-1-3-15-16(7-11)27-6-5-26-15/h1-4,7-9H,5-6,10H2,(H,23,24)/b4-2+. The first-order valence-corrected chi connectivity index (χ1v) is 8.90. The third kappa shape index (κ3) is 5.07. The predicted molar refractivity (Wildman–Crippen MR) is 100 cm³/mol. The molecule has 6 nitrogen and oxygen atoms in total. The lowest BCUT2D eigenvalue weighted by Gasteiger charge is -2.18. The Morgan fingerprint density at radius 1 is 1.14 bits per heavy atom. The van der Waals surface area contributed by atoms with Crippen LogP contribution >= 0.6 is 15.9 Å². The van der Waals surface area contributed by atoms with E-state index in [1.807, 2.05) is 0 Å². The van der Waals surface area contributed by atoms with Crippen molar-refractivity contribution in [1.29, 1.82) is 0 Å². The number of carbonyl (C=O) groups is 2. The Morgan fingerprint density at radius 2 is 1.89 bits per heavy atom. The van der Waals surface area contributed by atoms with Crippen molar-refractivity contribution in [3.63, 3.8) is 0 Å². The molecule has 146 valence electrons. The molecule has 0 bridgehead atoms. The van der Waals surface area contributed by atoms with E-state index in [1.54, 1.807) is 18.2 Å². The highest BCUT2D eigenvalue weighted by Gasteiger charge is 2.14. The van der Waals surface area contributed by atoms with Gasteiger partial charge in [0, 0.05) is 16.6 Å². The minimum Gasteiger partial charge on any atom is -0.486 e. The average molecular weight is 454 g/mol. The number of anilines is 1. The fraction of sp³-hybridized carbons (Fsp3) is 0.158. The summed E-state index contributed by atoms with van der Waals surface area (Å²) in [6, 6.07) is 6.80. The Hall–Kier alpha value is -2.94. The van der Waals surface area contributed by atoms with Crippen LogP contribution in [0.25, 0.3) is 6.08 Å². The highest BCUT2D eigenvalue weighted by atomic mass is 79.9. The van der Waals surface area contributed by atoms with Crippen molar-refractivity contribution in [2.75, 3.05) is 25.1 Å². The number of ether oxygens (including phenoxy) is 3. The second kappa shape index (κ2) is 8.83. The third-order valence-corrected chi connectivity index (χ3v) is 4.22. The van der Waals surface area contributed by atoms with Crippen molar-refractivity contribution < 1.29 is 32.6 Å². The van der Waals surface area contributed by atoms with Gasteiger partial charge in [0.1, 0.15) is 19.0 Å². The van der Waals surface area contributed by atoms with E-state index >= 15 is 0 Å². The lowest BCUT2D eigenvalue weighted by Crippen LogP contribution is -2.21. The Bertz CT molecular complexity index is 925. The molecule has 0 fully saturated rings. The Labute approximate surface area is 167 Å². The van der Waals surface area contributed by atoms with Gasteiger partial charge in [-0.25, -0.2) is 13.6 Å². The number of nitrogens with one attached hydrogen (secondary N) is 1. The quantitative estimate of drug-likeness (QED) is 0.551. The fourth-order valence-electron chi connectivity index (χ4n) is 2.35. The van der Waals surface area contributed by atoms with Crippen LogP contribution in [0.5, 0.6) is 11.5 Å². The number of rotatable bonds is 5. The third-order valence-electron chi connectivity index (χ3n) is 3.59. The van der Waals surface area contributed by atoms with E-state index in [0.717, 1.165) is 12.1 Å². The summed E-state index contributed by atoms with van der Waals surface area (Å²) < 4.78 is 42.4. The molecule has 9 heteroatoms. The summed E-state index contributed by atoms with van der Waals surface area (Å²) in [5, 5.41) is 2.21. The molecule has 1 aliphatic rings. The second-order valence-electron chi connectivity index (χ2n) is 5.64. The number of halogens is 3. The van der Waals surface area contributed by atoms with E-state index in [-0.39, 0.29) is 10.2 Å². The minimum atomic E-state index is -0.954. The number of hydrogen-bond acceptors (Lipinski definition) is 5. The average Bonchev–Trinajstić information content (AvgIpc) is 2.67. The van der Waals surface area contributed by atoms with Crippen LogP contribution in [0.1, 0.15) is 5.56 Å². The second-order valence-corrected chi connectivity index (χ2v) is 6.49. The molecule has 0 saturated carbocycles. The highest BCUT2D eigenvalue weighted by Crippen LogP contribution is 2.31. The van der Waals surface area contributed by atoms with Gasteiger partial charge in [-0.3, -0.25) is 4.79 Å². The summed E-state index contributed by atoms with van der Waals surface area (Å²) in [7, 11) is 0. The van der Waals surface area contributed by atoms with Crippen LogP contribution < -0.4 is 14.8 Å². The summed E-state index contributed by atoms with van der Waals surface area (Å²) >= 11 is 2.95. The van der Waals surface area contributed by atoms with Crippen LogP contribution in [0.3, 0.4) is 0 Å². The zero-order chi connectivity index (χ0) is 20.1. The molecule has 1 N–H and O–H groups in total. The first-order valence-electron chi connectivity index (χ1n) is 8.11. The fourth-order valence-corrected chi connectivity index (χ4v) is 2.86. The summed E-state index contributed by atoms with van der Waals surface area (Å²) in [4.78, 5) is 23.6. The van der Waals surface area contributed by atoms with Crippen molar-refractivity contribution in [2.45, 2.75) is 0 Å². The van der Waals surface area contributed by atoms with Gasteiger partial charge < -0.3 is 19.5 Å². The van der Waals surface area contributed by atoms with Gasteiger partial charge >= 0.3 is 5.97 Å². The largest absolute Gasteiger partial charge is 0.486 e. The van der Waals surface area contributed by atoms with Crippen LogP contribution in [0.2, 0.25) is 0 Å². The van der Waals surface area contributed by atoms with Crippen LogP contribution in [-0.2, 0) is 14.3 Å². The molecule has 1 aliphatic heterocycles. The molecule has 28 heavy (non-hydrogen) atoms. The van der Waals surface area contributed by atoms with Gasteiger partial charge in [-0.1, -0.05) is 6.07 Å². The zero-order valence-corrected chi connectivity index (χ0v) is 15.9. The zero-order valence-electron chi connectivity index (χ0n) is 14.3. The molecule has 2 aromatic rings. The van der Waals surface area contributed by atoms with Crippen molar-refractivity contribution in [3.05, 3.63) is 58.1 Å². The van der Waals surface area contributed by atoms with Crippen LogP contribution in [0, 0.1) is 11.6 Å². The molecular formula is C19H14BrF2NO5. The van der Waals surface area contributed by atoms with Gasteiger partial charge in [-0.05, 0) is 45.8 Å². The Balaban J connectivity index is 1.53. The highest BCUT2D eigenvalue weighted by molar-refractivity contribution is 9.10. The van der Waals surface area contributed by atoms with Gasteiger partial charge in [0.25, 0.3) is 5.91 Å². The minimum absolute atomic E-state index is 0.0307. The Kier molecular flexibility index (Phi) is 6.25. The molecule has 0 unspecified atom stereocenters. The molecule has 1 amide bonds. The van der Waals surface area contributed by atoms with E-state index in [2.05, 4.69) is 21.2 Å². The lowest BCUT2D eigenvalue weighted by molar-refractivity contribution is -0.142. The SMILES string of the molecule is O=C(COC(=O)/C=C/c1ccc2c(c1)OCCO2)Nc1c(F)cc(F)cc1Br. The normalized spacial score (nSPS) is 12.7. The topological polar surface area (TPSA) is 73.9 Å². The first kappa shape index (κ1) is 19.8. The molecular weight excluding hydrogens is 440 g/mol. The van der Waals surface area contributed by atoms with E-state index in [9.17, 15) is 18.4 Å². The van der Waals surface area contributed by atoms with Gasteiger partial charge in [0.05, 0.1) is 5.69 Å². The van der Waals surface area contributed by atoms with Gasteiger partial charge in [0.15, 0.2) is 23.9 Å². The number of benzene rings is 2. The van der Waals surface area contributed by atoms with Crippen LogP contribution in [0.15, 0.2) is 40.9 Å². The maximum absolute atomic E-state index is 13.7. The molecule has 0 aliphatic carbocycles. The number of carbonyl (C=O) groups excluding carboxylic acids is 2. The molecule has 0 atom stereocenters. The van der Waals surface area contributed by atoms with E-state index in [0.29, 0.717) is 36.3 Å². The number of hydrogen-bond donors (Lipinski definition) is 1. The van der Waals surface area contributed by atoms with Crippen molar-refractivity contribution in [3.8, 4) is 11.5 Å². The summed E-state index contributed by atoms with van der Waals surface area (Å²) in [5.41, 5.74) is 0.442. The number of esters is 1. The van der Waals surface area contributed by atoms with Crippen LogP contribution in [0.4, 0.5) is 14.5 Å². The molecule has 2 aromatic carbocycles. The van der Waals surface area contributed by atoms with E-state index in [1.165, 1.54) is 6.08 Å². The van der Waals surface area contributed by atoms with E-state index < -0.39 is 30.1 Å². The first-order chi connectivity index (χ1) is 13.4. The maximum Gasteiger partial charge on any atom is 0.331 e. The smallest absolute Gasteiger partial charge is 0.331 e. The van der Waals surface area contributed by atoms with Gasteiger partial charge in [0.2, 0.25) is 0 Å². The van der Waals surface area contributed by atoms with Crippen molar-refractivity contribution in [2.24, 2.45) is 0 Å². The lowest BCUT2D eigenvalue weighted by atomic mass is 10.2. The molecule has 0 spiro atoms. The summed E-state index contributed by atoms with van der Waals surface area (Å²) in [6.45, 7) is 0.296. The molecule has 3 rings (SSSR count). The van der Waals surface area contributed by atoms with Gasteiger partial charge in [-0.2, -0.15) is 0 Å². The molecule has 1 heterocycles.